The minimum absolute atomic E-state index is 0. The van der Waals surface area contributed by atoms with Crippen molar-refractivity contribution in [2.45, 2.75) is 45.3 Å². The number of carbonyl (C=O) groups is 1. The van der Waals surface area contributed by atoms with Gasteiger partial charge in [-0.1, -0.05) is 30.3 Å². The monoisotopic (exact) mass is 555 g/mol. The van der Waals surface area contributed by atoms with Crippen LogP contribution >= 0.6 is 24.0 Å². The van der Waals surface area contributed by atoms with Crippen LogP contribution < -0.4 is 5.32 Å². The van der Waals surface area contributed by atoms with Crippen molar-refractivity contribution in [1.82, 2.24) is 20.0 Å². The highest BCUT2D eigenvalue weighted by molar-refractivity contribution is 14.0. The molecule has 4 rings (SSSR count). The van der Waals surface area contributed by atoms with Gasteiger partial charge < -0.3 is 24.8 Å². The van der Waals surface area contributed by atoms with Gasteiger partial charge in [0.1, 0.15) is 5.60 Å². The highest BCUT2D eigenvalue weighted by atomic mass is 127. The zero-order valence-electron chi connectivity index (χ0n) is 19.6. The van der Waals surface area contributed by atoms with Gasteiger partial charge >= 0.3 is 6.09 Å². The molecule has 2 fully saturated rings. The van der Waals surface area contributed by atoms with Crippen LogP contribution in [-0.2, 0) is 11.2 Å². The van der Waals surface area contributed by atoms with Crippen LogP contribution in [0.4, 0.5) is 4.79 Å². The van der Waals surface area contributed by atoms with Gasteiger partial charge in [0.25, 0.3) is 0 Å². The van der Waals surface area contributed by atoms with Crippen molar-refractivity contribution in [3.63, 3.8) is 0 Å². The van der Waals surface area contributed by atoms with Crippen molar-refractivity contribution in [2.75, 3.05) is 52.4 Å². The summed E-state index contributed by atoms with van der Waals surface area (Å²) in [5.41, 5.74) is 0.963. The predicted molar refractivity (Wildman–Crippen MR) is 139 cm³/mol. The standard InChI is InChI=1S/C24H37N5O2.HI/c1-24(2,3)31-23(30)28-13-14-29-21(18-28)16-26-22(29)25-15-20-10-12-27(17-20)11-9-19-7-5-4-6-8-19;/h4-8,20-21H,9-18H2,1-3H3,(H,25,26);1H. The minimum Gasteiger partial charge on any atom is -0.444 e. The van der Waals surface area contributed by atoms with Crippen LogP contribution in [0.3, 0.4) is 0 Å². The molecule has 1 N–H and O–H groups in total. The number of nitrogens with zero attached hydrogens (tertiary/aromatic N) is 4. The highest BCUT2D eigenvalue weighted by Crippen LogP contribution is 2.20. The maximum atomic E-state index is 12.4. The molecule has 32 heavy (non-hydrogen) atoms. The molecule has 0 radical (unpaired) electrons. The minimum atomic E-state index is -0.455. The summed E-state index contributed by atoms with van der Waals surface area (Å²) in [6.45, 7) is 13.1. The first-order chi connectivity index (χ1) is 14.9. The molecule has 8 heteroatoms. The maximum Gasteiger partial charge on any atom is 0.410 e. The van der Waals surface area contributed by atoms with Gasteiger partial charge in [-0.25, -0.2) is 4.79 Å². The third kappa shape index (κ3) is 6.73. The Kier molecular flexibility index (Phi) is 8.66. The second-order valence-electron chi connectivity index (χ2n) is 10.0. The molecule has 0 bridgehead atoms. The molecule has 3 aliphatic rings. The fourth-order valence-electron chi connectivity index (χ4n) is 4.67. The number of fused-ring (bicyclic) bond motifs is 1. The fraction of sp³-hybridized carbons (Fsp3) is 0.667. The second kappa shape index (κ2) is 11.0. The topological polar surface area (TPSA) is 60.4 Å². The SMILES string of the molecule is CC(C)(C)OC(=O)N1CCN2C(NCC3CCN(CCc4ccccc4)C3)=NCC2C1.I. The molecule has 1 aromatic carbocycles. The van der Waals surface area contributed by atoms with Gasteiger partial charge in [-0.15, -0.1) is 24.0 Å². The van der Waals surface area contributed by atoms with Crippen LogP contribution in [0, 0.1) is 5.92 Å². The summed E-state index contributed by atoms with van der Waals surface area (Å²) in [6, 6.07) is 11.0. The van der Waals surface area contributed by atoms with Crippen molar-refractivity contribution < 1.29 is 9.53 Å². The molecule has 3 heterocycles. The molecule has 2 unspecified atom stereocenters. The number of halogens is 1. The Morgan fingerprint density at radius 1 is 1.16 bits per heavy atom. The Bertz CT molecular complexity index is 782. The van der Waals surface area contributed by atoms with Gasteiger partial charge in [-0.3, -0.25) is 4.99 Å². The van der Waals surface area contributed by atoms with Gasteiger partial charge in [-0.05, 0) is 51.6 Å². The van der Waals surface area contributed by atoms with Crippen LogP contribution in [0.25, 0.3) is 0 Å². The van der Waals surface area contributed by atoms with E-state index in [1.54, 1.807) is 0 Å². The summed E-state index contributed by atoms with van der Waals surface area (Å²) in [5, 5.41) is 3.61. The number of hydrogen-bond donors (Lipinski definition) is 1. The van der Waals surface area contributed by atoms with Crippen molar-refractivity contribution in [3.8, 4) is 0 Å². The van der Waals surface area contributed by atoms with Gasteiger partial charge in [0.15, 0.2) is 5.96 Å². The summed E-state index contributed by atoms with van der Waals surface area (Å²) >= 11 is 0. The number of aliphatic imine (C=N–C) groups is 1. The highest BCUT2D eigenvalue weighted by Gasteiger charge is 2.36. The molecule has 2 atom stereocenters. The Morgan fingerprint density at radius 2 is 1.94 bits per heavy atom. The molecule has 178 valence electrons. The van der Waals surface area contributed by atoms with E-state index in [1.807, 2.05) is 25.7 Å². The average Bonchev–Trinajstić information content (AvgIpc) is 3.36. The first kappa shape index (κ1) is 25.1. The van der Waals surface area contributed by atoms with E-state index in [0.29, 0.717) is 19.0 Å². The molecule has 0 aromatic heterocycles. The van der Waals surface area contributed by atoms with Gasteiger partial charge in [-0.2, -0.15) is 0 Å². The van der Waals surface area contributed by atoms with Crippen molar-refractivity contribution >= 4 is 36.0 Å². The van der Waals surface area contributed by atoms with Crippen molar-refractivity contribution in [3.05, 3.63) is 35.9 Å². The Morgan fingerprint density at radius 3 is 2.69 bits per heavy atom. The van der Waals surface area contributed by atoms with Crippen molar-refractivity contribution in [2.24, 2.45) is 10.9 Å². The summed E-state index contributed by atoms with van der Waals surface area (Å²) in [7, 11) is 0. The largest absolute Gasteiger partial charge is 0.444 e. The van der Waals surface area contributed by atoms with E-state index in [4.69, 9.17) is 9.73 Å². The fourth-order valence-corrected chi connectivity index (χ4v) is 4.67. The number of rotatable bonds is 5. The number of ether oxygens (including phenoxy) is 1. The molecule has 0 aliphatic carbocycles. The lowest BCUT2D eigenvalue weighted by atomic mass is 10.1. The number of carbonyl (C=O) groups excluding carboxylic acids is 1. The number of piperazine rings is 1. The van der Waals surface area contributed by atoms with E-state index in [9.17, 15) is 4.79 Å². The van der Waals surface area contributed by atoms with Gasteiger partial charge in [0.05, 0.1) is 12.6 Å². The van der Waals surface area contributed by atoms with E-state index in [2.05, 4.69) is 45.4 Å². The molecule has 1 amide bonds. The number of benzene rings is 1. The molecule has 7 nitrogen and oxygen atoms in total. The van der Waals surface area contributed by atoms with E-state index in [1.165, 1.54) is 18.5 Å². The second-order valence-corrected chi connectivity index (χ2v) is 10.0. The smallest absolute Gasteiger partial charge is 0.410 e. The maximum absolute atomic E-state index is 12.4. The number of hydrogen-bond acceptors (Lipinski definition) is 6. The molecular formula is C24H38IN5O2. The summed E-state index contributed by atoms with van der Waals surface area (Å²) in [6.07, 6.45) is 2.15. The zero-order valence-corrected chi connectivity index (χ0v) is 22.0. The van der Waals surface area contributed by atoms with Gasteiger partial charge in [0, 0.05) is 39.3 Å². The third-order valence-corrected chi connectivity index (χ3v) is 6.34. The Labute approximate surface area is 209 Å². The molecule has 0 saturated carbocycles. The van der Waals surface area contributed by atoms with E-state index in [-0.39, 0.29) is 36.1 Å². The van der Waals surface area contributed by atoms with Crippen molar-refractivity contribution in [1.29, 1.82) is 0 Å². The first-order valence-electron chi connectivity index (χ1n) is 11.7. The number of nitrogens with one attached hydrogen (secondary N) is 1. The lowest BCUT2D eigenvalue weighted by Gasteiger charge is -2.39. The Balaban J connectivity index is 0.00000289. The van der Waals surface area contributed by atoms with Crippen LogP contribution in [0.5, 0.6) is 0 Å². The van der Waals surface area contributed by atoms with Crippen LogP contribution in [0.2, 0.25) is 0 Å². The quantitative estimate of drug-likeness (QED) is 0.567. The third-order valence-electron chi connectivity index (χ3n) is 6.34. The van der Waals surface area contributed by atoms with Crippen LogP contribution in [0.1, 0.15) is 32.8 Å². The first-order valence-corrected chi connectivity index (χ1v) is 11.7. The molecule has 2 saturated heterocycles. The van der Waals surface area contributed by atoms with E-state index < -0.39 is 5.60 Å². The molecular weight excluding hydrogens is 517 g/mol. The summed E-state index contributed by atoms with van der Waals surface area (Å²) in [5.74, 6) is 1.68. The average molecular weight is 556 g/mol. The Hall–Kier alpha value is -1.55. The summed E-state index contributed by atoms with van der Waals surface area (Å²) in [4.78, 5) is 23.9. The van der Waals surface area contributed by atoms with E-state index >= 15 is 0 Å². The lowest BCUT2D eigenvalue weighted by molar-refractivity contribution is 0.0137. The number of amides is 1. The van der Waals surface area contributed by atoms with E-state index in [0.717, 1.165) is 45.1 Å². The van der Waals surface area contributed by atoms with Gasteiger partial charge in [0.2, 0.25) is 0 Å². The normalized spacial score (nSPS) is 23.4. The van der Waals surface area contributed by atoms with Crippen LogP contribution in [-0.4, -0.2) is 90.8 Å². The number of likely N-dealkylation sites (tertiary alicyclic amines) is 1. The molecule has 0 spiro atoms. The lowest BCUT2D eigenvalue weighted by Crippen LogP contribution is -2.57. The predicted octanol–water partition coefficient (Wildman–Crippen LogP) is 3.05. The number of guanidine groups is 1. The molecule has 1 aromatic rings. The summed E-state index contributed by atoms with van der Waals surface area (Å²) < 4.78 is 5.54. The zero-order chi connectivity index (χ0) is 21.8. The van der Waals surface area contributed by atoms with Crippen LogP contribution in [0.15, 0.2) is 35.3 Å². The molecule has 3 aliphatic heterocycles.